The number of unbranched alkanes of at least 4 members (excludes halogenated alkanes) is 1. The van der Waals surface area contributed by atoms with Crippen LogP contribution in [0.4, 0.5) is 0 Å². The molecule has 1 unspecified atom stereocenters. The third-order valence-corrected chi connectivity index (χ3v) is 6.75. The highest BCUT2D eigenvalue weighted by Crippen LogP contribution is 2.41. The molecular formula is C27H33N4O5+. The summed E-state index contributed by atoms with van der Waals surface area (Å²) in [6.45, 7) is 2.35. The zero-order valence-electron chi connectivity index (χ0n) is 20.5. The number of methoxy groups -OCH3 is 1. The number of fused-ring (bicyclic) bond motifs is 5. The molecular weight excluding hydrogens is 460 g/mol. The van der Waals surface area contributed by atoms with Crippen molar-refractivity contribution in [3.8, 4) is 34.3 Å². The number of hydrogen-bond acceptors (Lipinski definition) is 7. The summed E-state index contributed by atoms with van der Waals surface area (Å²) >= 11 is 0. The fraction of sp³-hybridized carbons (Fsp3) is 0.407. The Morgan fingerprint density at radius 1 is 1.19 bits per heavy atom. The summed E-state index contributed by atoms with van der Waals surface area (Å²) < 4.78 is 25.2. The number of benzene rings is 2. The van der Waals surface area contributed by atoms with Crippen LogP contribution in [0.5, 0.6) is 23.0 Å². The average molecular weight is 494 g/mol. The summed E-state index contributed by atoms with van der Waals surface area (Å²) in [7, 11) is 1.63. The number of nitrogens with zero attached hydrogens (tertiary/aromatic N) is 1. The van der Waals surface area contributed by atoms with Gasteiger partial charge in [-0.25, -0.2) is 0 Å². The van der Waals surface area contributed by atoms with E-state index in [4.69, 9.17) is 30.4 Å². The topological polar surface area (TPSA) is 122 Å². The molecule has 0 radical (unpaired) electrons. The Hall–Kier alpha value is -3.56. The molecule has 1 atom stereocenters. The summed E-state index contributed by atoms with van der Waals surface area (Å²) in [5, 5.41) is 4.84. The monoisotopic (exact) mass is 493 g/mol. The summed E-state index contributed by atoms with van der Waals surface area (Å²) in [5.41, 5.74) is 15.0. The Kier molecular flexibility index (Phi) is 7.11. The van der Waals surface area contributed by atoms with Crippen LogP contribution in [0.2, 0.25) is 0 Å². The number of carbonyl (C=O) groups excluding carboxylic acids is 1. The van der Waals surface area contributed by atoms with Gasteiger partial charge in [-0.15, -0.1) is 0 Å². The van der Waals surface area contributed by atoms with Crippen molar-refractivity contribution < 1.29 is 28.3 Å². The van der Waals surface area contributed by atoms with Crippen molar-refractivity contribution in [2.24, 2.45) is 11.5 Å². The van der Waals surface area contributed by atoms with Crippen molar-refractivity contribution in [2.75, 3.05) is 33.6 Å². The Balaban J connectivity index is 1.34. The predicted octanol–water partition coefficient (Wildman–Crippen LogP) is 2.04. The lowest BCUT2D eigenvalue weighted by atomic mass is 9.95. The first kappa shape index (κ1) is 24.1. The van der Waals surface area contributed by atoms with E-state index in [0.29, 0.717) is 37.6 Å². The Labute approximate surface area is 210 Å². The third-order valence-electron chi connectivity index (χ3n) is 6.75. The highest BCUT2D eigenvalue weighted by Gasteiger charge is 2.28. The quantitative estimate of drug-likeness (QED) is 0.292. The standard InChI is InChI=1S/C27H32N4O5/c1-33-23-6-5-17-12-22-19-14-25-24(35-16-36-25)13-18(19)7-10-31(22)15-20(17)26(23)34-11-9-30-27(32)21(29)4-2-3-8-28/h5-6,12-15,21H,2-4,7-11,16,28-29H2,1H3/p+1. The number of carbonyl (C=O) groups is 1. The third kappa shape index (κ3) is 4.76. The molecule has 5 rings (SSSR count). The molecule has 0 spiro atoms. The fourth-order valence-corrected chi connectivity index (χ4v) is 4.80. The highest BCUT2D eigenvalue weighted by atomic mass is 16.7. The van der Waals surface area contributed by atoms with Crippen LogP contribution < -0.4 is 40.3 Å². The van der Waals surface area contributed by atoms with Crippen LogP contribution in [0.15, 0.2) is 36.5 Å². The lowest BCUT2D eigenvalue weighted by Crippen LogP contribution is -2.42. The molecule has 1 amide bonds. The largest absolute Gasteiger partial charge is 0.493 e. The molecule has 0 saturated carbocycles. The van der Waals surface area contributed by atoms with Gasteiger partial charge in [0, 0.05) is 12.5 Å². The second-order valence-electron chi connectivity index (χ2n) is 9.09. The van der Waals surface area contributed by atoms with Crippen LogP contribution in [-0.2, 0) is 17.8 Å². The number of aromatic nitrogens is 1. The van der Waals surface area contributed by atoms with E-state index in [1.807, 2.05) is 12.1 Å². The molecule has 190 valence electrons. The molecule has 9 heteroatoms. The molecule has 5 N–H and O–H groups in total. The summed E-state index contributed by atoms with van der Waals surface area (Å²) in [5.74, 6) is 2.72. The summed E-state index contributed by atoms with van der Waals surface area (Å²) in [6, 6.07) is 9.73. The van der Waals surface area contributed by atoms with Crippen LogP contribution >= 0.6 is 0 Å². The maximum absolute atomic E-state index is 12.2. The average Bonchev–Trinajstić information content (AvgIpc) is 3.36. The minimum absolute atomic E-state index is 0.176. The first-order valence-corrected chi connectivity index (χ1v) is 12.4. The van der Waals surface area contributed by atoms with Gasteiger partial charge in [0.15, 0.2) is 35.7 Å². The summed E-state index contributed by atoms with van der Waals surface area (Å²) in [6.07, 6.45) is 5.33. The first-order chi connectivity index (χ1) is 17.6. The van der Waals surface area contributed by atoms with Crippen molar-refractivity contribution in [3.63, 3.8) is 0 Å². The Morgan fingerprint density at radius 2 is 2.03 bits per heavy atom. The van der Waals surface area contributed by atoms with E-state index in [2.05, 4.69) is 34.3 Å². The molecule has 36 heavy (non-hydrogen) atoms. The lowest BCUT2D eigenvalue weighted by molar-refractivity contribution is -0.686. The minimum atomic E-state index is -0.535. The first-order valence-electron chi connectivity index (χ1n) is 12.4. The van der Waals surface area contributed by atoms with E-state index in [9.17, 15) is 4.79 Å². The smallest absolute Gasteiger partial charge is 0.237 e. The van der Waals surface area contributed by atoms with Crippen molar-refractivity contribution in [1.82, 2.24) is 5.32 Å². The Bertz CT molecular complexity index is 1280. The Morgan fingerprint density at radius 3 is 2.83 bits per heavy atom. The van der Waals surface area contributed by atoms with Crippen molar-refractivity contribution in [3.05, 3.63) is 42.1 Å². The second kappa shape index (κ2) is 10.6. The molecule has 1 aromatic heterocycles. The van der Waals surface area contributed by atoms with E-state index >= 15 is 0 Å². The maximum Gasteiger partial charge on any atom is 0.237 e. The normalized spacial score (nSPS) is 14.2. The fourth-order valence-electron chi connectivity index (χ4n) is 4.80. The number of rotatable bonds is 10. The van der Waals surface area contributed by atoms with Crippen molar-refractivity contribution >= 4 is 16.7 Å². The minimum Gasteiger partial charge on any atom is -0.493 e. The molecule has 0 aliphatic carbocycles. The van der Waals surface area contributed by atoms with Gasteiger partial charge in [-0.05, 0) is 54.6 Å². The van der Waals surface area contributed by atoms with Crippen LogP contribution in [-0.4, -0.2) is 45.5 Å². The molecule has 2 aromatic carbocycles. The van der Waals surface area contributed by atoms with E-state index in [0.717, 1.165) is 59.3 Å². The van der Waals surface area contributed by atoms with Gasteiger partial charge in [-0.1, -0.05) is 6.42 Å². The number of amides is 1. The zero-order valence-corrected chi connectivity index (χ0v) is 20.5. The number of nitrogens with one attached hydrogen (secondary N) is 1. The second-order valence-corrected chi connectivity index (χ2v) is 9.09. The van der Waals surface area contributed by atoms with Crippen LogP contribution in [0, 0.1) is 0 Å². The predicted molar refractivity (Wildman–Crippen MR) is 135 cm³/mol. The van der Waals surface area contributed by atoms with Gasteiger partial charge in [0.05, 0.1) is 30.6 Å². The molecule has 9 nitrogen and oxygen atoms in total. The number of nitrogens with two attached hydrogens (primary N) is 2. The number of pyridine rings is 1. The highest BCUT2D eigenvalue weighted by molar-refractivity contribution is 5.91. The van der Waals surface area contributed by atoms with E-state index in [1.165, 1.54) is 5.56 Å². The van der Waals surface area contributed by atoms with Crippen molar-refractivity contribution in [2.45, 2.75) is 38.3 Å². The van der Waals surface area contributed by atoms with E-state index < -0.39 is 6.04 Å². The van der Waals surface area contributed by atoms with Gasteiger partial charge in [-0.2, -0.15) is 4.57 Å². The molecule has 2 aliphatic rings. The van der Waals surface area contributed by atoms with Gasteiger partial charge < -0.3 is 35.7 Å². The zero-order chi connectivity index (χ0) is 25.1. The molecule has 2 aliphatic heterocycles. The SMILES string of the molecule is COc1ccc2cc3[n+](cc2c1OCCNC(=O)C(N)CCCCN)CCc1cc2c(cc1-3)OCO2. The van der Waals surface area contributed by atoms with Crippen molar-refractivity contribution in [1.29, 1.82) is 0 Å². The van der Waals surface area contributed by atoms with Gasteiger partial charge in [0.1, 0.15) is 6.61 Å². The van der Waals surface area contributed by atoms with E-state index in [-0.39, 0.29) is 12.7 Å². The lowest BCUT2D eigenvalue weighted by Gasteiger charge is -2.18. The van der Waals surface area contributed by atoms with Crippen LogP contribution in [0.1, 0.15) is 24.8 Å². The number of aryl methyl sites for hydroxylation is 2. The van der Waals surface area contributed by atoms with Gasteiger partial charge >= 0.3 is 0 Å². The summed E-state index contributed by atoms with van der Waals surface area (Å²) in [4.78, 5) is 12.2. The molecule has 3 aromatic rings. The maximum atomic E-state index is 12.2. The van der Waals surface area contributed by atoms with E-state index in [1.54, 1.807) is 7.11 Å². The van der Waals surface area contributed by atoms with Crippen LogP contribution in [0.25, 0.3) is 22.0 Å². The molecule has 0 fully saturated rings. The molecule has 0 saturated heterocycles. The molecule has 0 bridgehead atoms. The van der Waals surface area contributed by atoms with Gasteiger partial charge in [-0.3, -0.25) is 4.79 Å². The molecule has 3 heterocycles. The number of ether oxygens (including phenoxy) is 4. The van der Waals surface area contributed by atoms with Crippen LogP contribution in [0.3, 0.4) is 0 Å². The van der Waals surface area contributed by atoms with Gasteiger partial charge in [0.25, 0.3) is 0 Å². The number of hydrogen-bond donors (Lipinski definition) is 3. The van der Waals surface area contributed by atoms with Gasteiger partial charge in [0.2, 0.25) is 18.4 Å².